The predicted molar refractivity (Wildman–Crippen MR) is 119 cm³/mol. The number of thiazole rings is 1. The smallest absolute Gasteiger partial charge is 0.254 e. The number of hydrogen-bond acceptors (Lipinski definition) is 4. The van der Waals surface area contributed by atoms with Crippen molar-refractivity contribution in [1.82, 2.24) is 9.88 Å². The van der Waals surface area contributed by atoms with Gasteiger partial charge in [0.05, 0.1) is 12.2 Å². The van der Waals surface area contributed by atoms with Crippen LogP contribution >= 0.6 is 11.3 Å². The molecule has 0 spiro atoms. The molecule has 0 fully saturated rings. The van der Waals surface area contributed by atoms with E-state index in [1.165, 1.54) is 11.1 Å². The van der Waals surface area contributed by atoms with Crippen LogP contribution in [0.2, 0.25) is 0 Å². The molecule has 0 saturated heterocycles. The minimum Gasteiger partial charge on any atom is -0.486 e. The summed E-state index contributed by atoms with van der Waals surface area (Å²) in [5.74, 6) is 0.900. The summed E-state index contributed by atoms with van der Waals surface area (Å²) >= 11 is 1.57. The van der Waals surface area contributed by atoms with Gasteiger partial charge in [-0.1, -0.05) is 24.3 Å². The maximum atomic E-state index is 13.1. The van der Waals surface area contributed by atoms with Crippen LogP contribution in [-0.2, 0) is 13.2 Å². The first-order valence-corrected chi connectivity index (χ1v) is 10.7. The fourth-order valence-corrected chi connectivity index (χ4v) is 3.98. The molecule has 0 unspecified atom stereocenters. The Morgan fingerprint density at radius 1 is 1.10 bits per heavy atom. The fourth-order valence-electron chi connectivity index (χ4n) is 3.28. The lowest BCUT2D eigenvalue weighted by atomic mass is 10.1. The van der Waals surface area contributed by atoms with Gasteiger partial charge in [0.15, 0.2) is 0 Å². The van der Waals surface area contributed by atoms with E-state index in [1.807, 2.05) is 67.4 Å². The van der Waals surface area contributed by atoms with Crippen LogP contribution in [0.3, 0.4) is 0 Å². The van der Waals surface area contributed by atoms with Crippen LogP contribution in [0.15, 0.2) is 47.8 Å². The van der Waals surface area contributed by atoms with Gasteiger partial charge in [-0.15, -0.1) is 11.3 Å². The highest BCUT2D eigenvalue weighted by Gasteiger charge is 2.21. The first-order valence-electron chi connectivity index (χ1n) is 9.84. The van der Waals surface area contributed by atoms with Gasteiger partial charge >= 0.3 is 0 Å². The Labute approximate surface area is 177 Å². The first-order chi connectivity index (χ1) is 13.8. The van der Waals surface area contributed by atoms with Crippen molar-refractivity contribution in [3.8, 4) is 5.75 Å². The zero-order valence-electron chi connectivity index (χ0n) is 17.7. The van der Waals surface area contributed by atoms with Crippen molar-refractivity contribution in [2.75, 3.05) is 0 Å². The molecule has 0 aliphatic heterocycles. The molecule has 0 aliphatic carbocycles. The number of carbonyl (C=O) groups excluding carboxylic acids is 1. The fraction of sp³-hybridized carbons (Fsp3) is 0.333. The molecule has 0 bridgehead atoms. The lowest BCUT2D eigenvalue weighted by Gasteiger charge is -2.26. The van der Waals surface area contributed by atoms with E-state index in [0.29, 0.717) is 13.2 Å². The number of nitrogens with zero attached hydrogens (tertiary/aromatic N) is 2. The van der Waals surface area contributed by atoms with Gasteiger partial charge in [0.25, 0.3) is 5.91 Å². The van der Waals surface area contributed by atoms with Crippen LogP contribution in [0.4, 0.5) is 0 Å². The lowest BCUT2D eigenvalue weighted by Crippen LogP contribution is -2.36. The Morgan fingerprint density at radius 2 is 1.79 bits per heavy atom. The number of carbonyl (C=O) groups is 1. The summed E-state index contributed by atoms with van der Waals surface area (Å²) in [5.41, 5.74) is 4.99. The standard InChI is InChI=1S/C24H28N2O2S/c1-16(2)26(24(27)22-9-7-6-8-19(22)5)13-20-15-29-23(25-20)14-28-21-11-17(3)10-18(4)12-21/h6-12,15-16H,13-14H2,1-5H3. The number of rotatable bonds is 7. The molecule has 4 nitrogen and oxygen atoms in total. The minimum atomic E-state index is 0.0409. The second-order valence-electron chi connectivity index (χ2n) is 7.69. The molecular formula is C24H28N2O2S. The summed E-state index contributed by atoms with van der Waals surface area (Å²) in [4.78, 5) is 19.6. The lowest BCUT2D eigenvalue weighted by molar-refractivity contribution is 0.0687. The van der Waals surface area contributed by atoms with Gasteiger partial charge < -0.3 is 9.64 Å². The van der Waals surface area contributed by atoms with Gasteiger partial charge in [-0.3, -0.25) is 4.79 Å². The van der Waals surface area contributed by atoms with E-state index in [9.17, 15) is 4.79 Å². The van der Waals surface area contributed by atoms with Crippen molar-refractivity contribution >= 4 is 17.2 Å². The van der Waals surface area contributed by atoms with Gasteiger partial charge in [-0.25, -0.2) is 4.98 Å². The zero-order valence-corrected chi connectivity index (χ0v) is 18.5. The van der Waals surface area contributed by atoms with Crippen molar-refractivity contribution in [3.05, 3.63) is 80.8 Å². The summed E-state index contributed by atoms with van der Waals surface area (Å²) in [6, 6.07) is 14.0. The Kier molecular flexibility index (Phi) is 6.70. The molecule has 0 N–H and O–H groups in total. The van der Waals surface area contributed by atoms with Crippen LogP contribution in [0, 0.1) is 20.8 Å². The van der Waals surface area contributed by atoms with Crippen LogP contribution in [-0.4, -0.2) is 21.8 Å². The van der Waals surface area contributed by atoms with Crippen molar-refractivity contribution in [2.24, 2.45) is 0 Å². The Balaban J connectivity index is 1.68. The van der Waals surface area contributed by atoms with Gasteiger partial charge in [0.1, 0.15) is 17.4 Å². The van der Waals surface area contributed by atoms with Gasteiger partial charge in [-0.2, -0.15) is 0 Å². The SMILES string of the molecule is Cc1cc(C)cc(OCc2nc(CN(C(=O)c3ccccc3C)C(C)C)cs2)c1. The Morgan fingerprint density at radius 3 is 2.45 bits per heavy atom. The summed E-state index contributed by atoms with van der Waals surface area (Å²) in [7, 11) is 0. The van der Waals surface area contributed by atoms with E-state index in [1.54, 1.807) is 11.3 Å². The molecule has 29 heavy (non-hydrogen) atoms. The molecule has 2 aromatic carbocycles. The second-order valence-corrected chi connectivity index (χ2v) is 8.63. The quantitative estimate of drug-likeness (QED) is 0.504. The molecule has 152 valence electrons. The van der Waals surface area contributed by atoms with Crippen LogP contribution in [0.5, 0.6) is 5.75 Å². The molecule has 3 rings (SSSR count). The Bertz CT molecular complexity index is 974. The van der Waals surface area contributed by atoms with Crippen molar-refractivity contribution in [3.63, 3.8) is 0 Å². The highest BCUT2D eigenvalue weighted by molar-refractivity contribution is 7.09. The maximum Gasteiger partial charge on any atom is 0.254 e. The number of aromatic nitrogens is 1. The highest BCUT2D eigenvalue weighted by Crippen LogP contribution is 2.21. The number of hydrogen-bond donors (Lipinski definition) is 0. The van der Waals surface area contributed by atoms with Gasteiger partial charge in [0.2, 0.25) is 0 Å². The molecular weight excluding hydrogens is 380 g/mol. The number of benzene rings is 2. The van der Waals surface area contributed by atoms with Gasteiger partial charge in [0, 0.05) is 17.0 Å². The van der Waals surface area contributed by atoms with Crippen LogP contribution in [0.1, 0.15) is 51.6 Å². The molecule has 0 saturated carbocycles. The van der Waals surface area contributed by atoms with E-state index >= 15 is 0 Å². The van der Waals surface area contributed by atoms with Crippen LogP contribution in [0.25, 0.3) is 0 Å². The monoisotopic (exact) mass is 408 g/mol. The molecule has 0 aliphatic rings. The van der Waals surface area contributed by atoms with Crippen molar-refractivity contribution in [1.29, 1.82) is 0 Å². The normalized spacial score (nSPS) is 11.0. The maximum absolute atomic E-state index is 13.1. The molecule has 0 atom stereocenters. The Hall–Kier alpha value is -2.66. The molecule has 1 amide bonds. The minimum absolute atomic E-state index is 0.0409. The van der Waals surface area contributed by atoms with E-state index in [2.05, 4.69) is 19.9 Å². The van der Waals surface area contributed by atoms with E-state index in [4.69, 9.17) is 9.72 Å². The third kappa shape index (κ3) is 5.45. The van der Waals surface area contributed by atoms with Crippen LogP contribution < -0.4 is 4.74 Å². The number of aryl methyl sites for hydroxylation is 3. The zero-order chi connectivity index (χ0) is 21.0. The average molecular weight is 409 g/mol. The molecule has 5 heteroatoms. The predicted octanol–water partition coefficient (Wildman–Crippen LogP) is 5.70. The topological polar surface area (TPSA) is 42.4 Å². The first kappa shape index (κ1) is 21.1. The number of ether oxygens (including phenoxy) is 1. The van der Waals surface area contributed by atoms with Crippen molar-refractivity contribution in [2.45, 2.75) is 53.8 Å². The van der Waals surface area contributed by atoms with E-state index < -0.39 is 0 Å². The second kappa shape index (κ2) is 9.23. The average Bonchev–Trinajstić information content (AvgIpc) is 3.11. The number of amides is 1. The molecule has 1 heterocycles. The molecule has 0 radical (unpaired) electrons. The van der Waals surface area contributed by atoms with Gasteiger partial charge in [-0.05, 0) is 69.5 Å². The third-order valence-corrected chi connectivity index (χ3v) is 5.62. The summed E-state index contributed by atoms with van der Waals surface area (Å²) < 4.78 is 5.92. The summed E-state index contributed by atoms with van der Waals surface area (Å²) in [5, 5.41) is 2.92. The van der Waals surface area contributed by atoms with E-state index in [-0.39, 0.29) is 11.9 Å². The van der Waals surface area contributed by atoms with Crippen molar-refractivity contribution < 1.29 is 9.53 Å². The largest absolute Gasteiger partial charge is 0.486 e. The van der Waals surface area contributed by atoms with E-state index in [0.717, 1.165) is 27.6 Å². The highest BCUT2D eigenvalue weighted by atomic mass is 32.1. The third-order valence-electron chi connectivity index (χ3n) is 4.75. The summed E-state index contributed by atoms with van der Waals surface area (Å²) in [6.07, 6.45) is 0. The summed E-state index contributed by atoms with van der Waals surface area (Å²) in [6.45, 7) is 11.1. The molecule has 1 aromatic heterocycles. The molecule has 3 aromatic rings.